The number of aromatic nitrogens is 3. The van der Waals surface area contributed by atoms with Crippen LogP contribution in [0.15, 0.2) is 18.2 Å². The predicted molar refractivity (Wildman–Crippen MR) is 78.8 cm³/mol. The number of piperidine rings is 1. The Kier molecular flexibility index (Phi) is 3.63. The normalized spacial score (nSPS) is 22.7. The lowest BCUT2D eigenvalue weighted by atomic mass is 9.93. The van der Waals surface area contributed by atoms with Crippen molar-refractivity contribution in [3.8, 4) is 0 Å². The largest absolute Gasteiger partial charge is 0.396 e. The maximum atomic E-state index is 12.7. The smallest absolute Gasteiger partial charge is 0.254 e. The first-order valence-corrected chi connectivity index (χ1v) is 7.31. The fraction of sp³-hybridized carbons (Fsp3) is 0.533. The van der Waals surface area contributed by atoms with E-state index in [-0.39, 0.29) is 24.5 Å². The van der Waals surface area contributed by atoms with Gasteiger partial charge in [-0.05, 0) is 43.9 Å². The molecule has 3 rings (SSSR count). The molecule has 2 aromatic rings. The van der Waals surface area contributed by atoms with Crippen LogP contribution in [0.5, 0.6) is 0 Å². The third kappa shape index (κ3) is 2.51. The van der Waals surface area contributed by atoms with E-state index >= 15 is 0 Å². The lowest BCUT2D eigenvalue weighted by Crippen LogP contribution is -2.46. The molecule has 0 bridgehead atoms. The monoisotopic (exact) mass is 288 g/mol. The minimum absolute atomic E-state index is 0.00760. The molecule has 1 N–H and O–H groups in total. The number of carbonyl (C=O) groups excluding carboxylic acids is 1. The minimum Gasteiger partial charge on any atom is -0.396 e. The van der Waals surface area contributed by atoms with Gasteiger partial charge < -0.3 is 10.0 Å². The Morgan fingerprint density at radius 2 is 2.24 bits per heavy atom. The molecule has 6 heteroatoms. The van der Waals surface area contributed by atoms with Gasteiger partial charge in [0.2, 0.25) is 0 Å². The zero-order valence-electron chi connectivity index (χ0n) is 12.4. The average molecular weight is 288 g/mol. The van der Waals surface area contributed by atoms with Gasteiger partial charge in [0.15, 0.2) is 0 Å². The number of likely N-dealkylation sites (tertiary alicyclic amines) is 1. The summed E-state index contributed by atoms with van der Waals surface area (Å²) in [5.74, 6) is 0.193. The molecule has 2 unspecified atom stereocenters. The number of hydrogen-bond acceptors (Lipinski definition) is 4. The molecule has 1 amide bonds. The van der Waals surface area contributed by atoms with Gasteiger partial charge >= 0.3 is 0 Å². The van der Waals surface area contributed by atoms with Crippen LogP contribution >= 0.6 is 0 Å². The summed E-state index contributed by atoms with van der Waals surface area (Å²) in [5.41, 5.74) is 2.27. The molecule has 0 aliphatic carbocycles. The molecule has 0 saturated carbocycles. The second-order valence-corrected chi connectivity index (χ2v) is 5.85. The van der Waals surface area contributed by atoms with Crippen LogP contribution in [0.3, 0.4) is 0 Å². The Morgan fingerprint density at radius 3 is 3.00 bits per heavy atom. The molecular formula is C15H20N4O2. The van der Waals surface area contributed by atoms with Crippen LogP contribution in [0.1, 0.15) is 30.1 Å². The maximum absolute atomic E-state index is 12.7. The van der Waals surface area contributed by atoms with E-state index in [1.807, 2.05) is 24.1 Å². The van der Waals surface area contributed by atoms with Crippen molar-refractivity contribution in [3.05, 3.63) is 23.8 Å². The maximum Gasteiger partial charge on any atom is 0.254 e. The minimum atomic E-state index is 0.00760. The van der Waals surface area contributed by atoms with E-state index in [2.05, 4.69) is 17.2 Å². The van der Waals surface area contributed by atoms with Gasteiger partial charge in [-0.25, -0.2) is 4.68 Å². The molecule has 1 saturated heterocycles. The van der Waals surface area contributed by atoms with Crippen LogP contribution < -0.4 is 0 Å². The van der Waals surface area contributed by atoms with Gasteiger partial charge in [0.25, 0.3) is 5.91 Å². The number of aliphatic hydroxyl groups excluding tert-OH is 1. The second kappa shape index (κ2) is 5.44. The van der Waals surface area contributed by atoms with Gasteiger partial charge in [-0.15, -0.1) is 5.10 Å². The number of aryl methyl sites for hydroxylation is 1. The van der Waals surface area contributed by atoms with Gasteiger partial charge in [0.05, 0.1) is 5.52 Å². The number of amides is 1. The van der Waals surface area contributed by atoms with Crippen molar-refractivity contribution in [1.29, 1.82) is 0 Å². The summed E-state index contributed by atoms with van der Waals surface area (Å²) in [5, 5.41) is 17.3. The highest BCUT2D eigenvalue weighted by Crippen LogP contribution is 2.24. The van der Waals surface area contributed by atoms with Crippen LogP contribution in [0.25, 0.3) is 11.0 Å². The number of fused-ring (bicyclic) bond motifs is 1. The van der Waals surface area contributed by atoms with E-state index in [4.69, 9.17) is 0 Å². The zero-order valence-corrected chi connectivity index (χ0v) is 12.4. The zero-order chi connectivity index (χ0) is 15.0. The van der Waals surface area contributed by atoms with E-state index < -0.39 is 0 Å². The Labute approximate surface area is 123 Å². The first-order chi connectivity index (χ1) is 10.1. The van der Waals surface area contributed by atoms with Gasteiger partial charge in [0.1, 0.15) is 5.52 Å². The van der Waals surface area contributed by atoms with Crippen LogP contribution in [0.2, 0.25) is 0 Å². The number of hydrogen-bond donors (Lipinski definition) is 1. The number of benzene rings is 1. The Hall–Kier alpha value is -1.95. The highest BCUT2D eigenvalue weighted by atomic mass is 16.3. The third-order valence-corrected chi connectivity index (χ3v) is 4.36. The van der Waals surface area contributed by atoms with Gasteiger partial charge in [0, 0.05) is 31.8 Å². The molecule has 1 aromatic heterocycles. The Morgan fingerprint density at radius 1 is 1.43 bits per heavy atom. The quantitative estimate of drug-likeness (QED) is 0.901. The molecule has 1 fully saturated rings. The van der Waals surface area contributed by atoms with Crippen molar-refractivity contribution in [2.75, 3.05) is 13.2 Å². The molecule has 112 valence electrons. The number of rotatable bonds is 2. The van der Waals surface area contributed by atoms with E-state index in [0.29, 0.717) is 12.1 Å². The summed E-state index contributed by atoms with van der Waals surface area (Å²) in [7, 11) is 1.83. The predicted octanol–water partition coefficient (Wildman–Crippen LogP) is 1.20. The van der Waals surface area contributed by atoms with Crippen molar-refractivity contribution in [1.82, 2.24) is 19.9 Å². The van der Waals surface area contributed by atoms with Crippen molar-refractivity contribution < 1.29 is 9.90 Å². The van der Waals surface area contributed by atoms with Crippen LogP contribution in [0.4, 0.5) is 0 Å². The van der Waals surface area contributed by atoms with Crippen molar-refractivity contribution >= 4 is 16.9 Å². The van der Waals surface area contributed by atoms with Crippen molar-refractivity contribution in [2.45, 2.75) is 25.8 Å². The summed E-state index contributed by atoms with van der Waals surface area (Å²) in [6.45, 7) is 2.82. The Bertz CT molecular complexity index is 667. The molecule has 1 aliphatic rings. The lowest BCUT2D eigenvalue weighted by molar-refractivity contribution is 0.0489. The SMILES string of the molecule is CC1CCC(CO)CN1C(=O)c1ccc2c(c1)nnn2C. The van der Waals surface area contributed by atoms with Gasteiger partial charge in [-0.1, -0.05) is 5.21 Å². The van der Waals surface area contributed by atoms with Crippen LogP contribution in [-0.2, 0) is 7.05 Å². The van der Waals surface area contributed by atoms with E-state index in [1.54, 1.807) is 10.7 Å². The number of aliphatic hydroxyl groups is 1. The summed E-state index contributed by atoms with van der Waals surface area (Å²) in [4.78, 5) is 14.6. The summed E-state index contributed by atoms with van der Waals surface area (Å²) >= 11 is 0. The van der Waals surface area contributed by atoms with Gasteiger partial charge in [-0.3, -0.25) is 4.79 Å². The molecule has 0 spiro atoms. The van der Waals surface area contributed by atoms with E-state index in [9.17, 15) is 9.90 Å². The fourth-order valence-electron chi connectivity index (χ4n) is 2.95. The van der Waals surface area contributed by atoms with Gasteiger partial charge in [-0.2, -0.15) is 0 Å². The van der Waals surface area contributed by atoms with Crippen molar-refractivity contribution in [3.63, 3.8) is 0 Å². The topological polar surface area (TPSA) is 71.2 Å². The highest BCUT2D eigenvalue weighted by Gasteiger charge is 2.29. The van der Waals surface area contributed by atoms with Crippen molar-refractivity contribution in [2.24, 2.45) is 13.0 Å². The molecular weight excluding hydrogens is 268 g/mol. The second-order valence-electron chi connectivity index (χ2n) is 5.85. The Balaban J connectivity index is 1.88. The standard InChI is InChI=1S/C15H20N4O2/c1-10-3-4-11(9-20)8-19(10)15(21)12-5-6-14-13(7-12)16-17-18(14)2/h5-7,10-11,20H,3-4,8-9H2,1-2H3. The lowest BCUT2D eigenvalue weighted by Gasteiger charge is -2.37. The summed E-state index contributed by atoms with van der Waals surface area (Å²) < 4.78 is 1.69. The molecule has 1 aliphatic heterocycles. The number of nitrogens with zero attached hydrogens (tertiary/aromatic N) is 4. The fourth-order valence-corrected chi connectivity index (χ4v) is 2.95. The summed E-state index contributed by atoms with van der Waals surface area (Å²) in [6, 6.07) is 5.70. The first kappa shape index (κ1) is 14.0. The average Bonchev–Trinajstić information content (AvgIpc) is 2.88. The number of carbonyl (C=O) groups is 1. The molecule has 2 heterocycles. The third-order valence-electron chi connectivity index (χ3n) is 4.36. The molecule has 1 aromatic carbocycles. The first-order valence-electron chi connectivity index (χ1n) is 7.31. The van der Waals surface area contributed by atoms with E-state index in [0.717, 1.165) is 23.9 Å². The highest BCUT2D eigenvalue weighted by molar-refractivity contribution is 5.97. The van der Waals surface area contributed by atoms with Crippen LogP contribution in [0, 0.1) is 5.92 Å². The molecule has 21 heavy (non-hydrogen) atoms. The van der Waals surface area contributed by atoms with E-state index in [1.165, 1.54) is 0 Å². The molecule has 6 nitrogen and oxygen atoms in total. The summed E-state index contributed by atoms with van der Waals surface area (Å²) in [6.07, 6.45) is 1.91. The van der Waals surface area contributed by atoms with Crippen LogP contribution in [-0.4, -0.2) is 50.1 Å². The molecule has 0 radical (unpaired) electrons. The molecule has 2 atom stereocenters.